The molecule has 20 heavy (non-hydrogen) atoms. The number of nitrogens with two attached hydrogens (primary N) is 1. The monoisotopic (exact) mass is 313 g/mol. The van der Waals surface area contributed by atoms with Crippen LogP contribution in [-0.4, -0.2) is 33.2 Å². The van der Waals surface area contributed by atoms with Crippen molar-refractivity contribution in [2.45, 2.75) is 12.8 Å². The van der Waals surface area contributed by atoms with Gasteiger partial charge in [-0.25, -0.2) is 0 Å². The Morgan fingerprint density at radius 2 is 1.95 bits per heavy atom. The summed E-state index contributed by atoms with van der Waals surface area (Å²) in [6, 6.07) is 3.32. The van der Waals surface area contributed by atoms with E-state index in [1.807, 2.05) is 0 Å². The van der Waals surface area contributed by atoms with Gasteiger partial charge in [-0.3, -0.25) is 4.74 Å². The van der Waals surface area contributed by atoms with Crippen molar-refractivity contribution in [3.63, 3.8) is 0 Å². The van der Waals surface area contributed by atoms with Crippen LogP contribution in [0.25, 0.3) is 0 Å². The molecule has 0 heterocycles. The quantitative estimate of drug-likeness (QED) is 0.786. The van der Waals surface area contributed by atoms with E-state index in [2.05, 4.69) is 4.74 Å². The fourth-order valence-electron chi connectivity index (χ4n) is 1.53. The number of ether oxygens (including phenoxy) is 3. The predicted molar refractivity (Wildman–Crippen MR) is 68.3 cm³/mol. The van der Waals surface area contributed by atoms with Gasteiger partial charge < -0.3 is 15.2 Å². The Bertz CT molecular complexity index is 441. The van der Waals surface area contributed by atoms with Crippen LogP contribution in [0.15, 0.2) is 12.1 Å². The van der Waals surface area contributed by atoms with E-state index in [4.69, 9.17) is 26.8 Å². The first-order chi connectivity index (χ1) is 9.37. The number of hydrogen-bond donors (Lipinski definition) is 1. The van der Waals surface area contributed by atoms with E-state index in [0.29, 0.717) is 18.7 Å². The Hall–Kier alpha value is -1.18. The van der Waals surface area contributed by atoms with Crippen molar-refractivity contribution >= 4 is 11.6 Å². The highest BCUT2D eigenvalue weighted by molar-refractivity contribution is 6.32. The molecule has 0 aromatic heterocycles. The molecule has 0 fully saturated rings. The first-order valence-electron chi connectivity index (χ1n) is 5.77. The van der Waals surface area contributed by atoms with Gasteiger partial charge in [-0.05, 0) is 30.7 Å². The first kappa shape index (κ1) is 16.9. The van der Waals surface area contributed by atoms with Gasteiger partial charge in [0.2, 0.25) is 0 Å². The van der Waals surface area contributed by atoms with Crippen LogP contribution in [0.4, 0.5) is 13.2 Å². The summed E-state index contributed by atoms with van der Waals surface area (Å²) in [5.41, 5.74) is 6.30. The van der Waals surface area contributed by atoms with Gasteiger partial charge in [0.05, 0.1) is 18.7 Å². The smallest absolute Gasteiger partial charge is 0.493 e. The average Bonchev–Trinajstić information content (AvgIpc) is 2.35. The predicted octanol–water partition coefficient (Wildman–Crippen LogP) is 2.77. The molecule has 0 spiro atoms. The van der Waals surface area contributed by atoms with E-state index in [9.17, 15) is 13.2 Å². The Morgan fingerprint density at radius 1 is 1.25 bits per heavy atom. The van der Waals surface area contributed by atoms with Crippen molar-refractivity contribution in [3.8, 4) is 11.5 Å². The number of hydrogen-bond acceptors (Lipinski definition) is 4. The molecular weight excluding hydrogens is 299 g/mol. The lowest BCUT2D eigenvalue weighted by atomic mass is 10.1. The Kier molecular flexibility index (Phi) is 6.38. The molecule has 2 N–H and O–H groups in total. The summed E-state index contributed by atoms with van der Waals surface area (Å²) in [7, 11) is 1.41. The highest BCUT2D eigenvalue weighted by Crippen LogP contribution is 2.36. The molecule has 0 saturated carbocycles. The molecule has 8 heteroatoms. The molecule has 0 bridgehead atoms. The second kappa shape index (κ2) is 7.56. The molecule has 1 rings (SSSR count). The highest BCUT2D eigenvalue weighted by Gasteiger charge is 2.28. The zero-order valence-electron chi connectivity index (χ0n) is 10.8. The van der Waals surface area contributed by atoms with Crippen LogP contribution in [0.2, 0.25) is 5.02 Å². The molecule has 0 aliphatic carbocycles. The lowest BCUT2D eigenvalue weighted by Gasteiger charge is -2.14. The average molecular weight is 314 g/mol. The Balaban J connectivity index is 2.69. The van der Waals surface area contributed by atoms with Gasteiger partial charge in [-0.2, -0.15) is 0 Å². The van der Waals surface area contributed by atoms with Crippen LogP contribution in [0.5, 0.6) is 11.5 Å². The molecule has 0 radical (unpaired) electrons. The van der Waals surface area contributed by atoms with Gasteiger partial charge >= 0.3 is 6.36 Å². The van der Waals surface area contributed by atoms with Gasteiger partial charge in [-0.1, -0.05) is 11.6 Å². The normalized spacial score (nSPS) is 11.5. The first-order valence-corrected chi connectivity index (χ1v) is 6.15. The Labute approximate surface area is 119 Å². The SMILES string of the molecule is COc1cc(CCN)cc(Cl)c1OCCOC(F)(F)F. The van der Waals surface area contributed by atoms with E-state index in [-0.39, 0.29) is 17.4 Å². The summed E-state index contributed by atoms with van der Waals surface area (Å²) < 4.78 is 49.3. The molecule has 1 aromatic carbocycles. The third kappa shape index (κ3) is 5.44. The molecular formula is C12H15ClF3NO3. The summed E-state index contributed by atoms with van der Waals surface area (Å²) >= 11 is 6.01. The van der Waals surface area contributed by atoms with Gasteiger partial charge in [0, 0.05) is 0 Å². The van der Waals surface area contributed by atoms with Crippen molar-refractivity contribution < 1.29 is 27.4 Å². The summed E-state index contributed by atoms with van der Waals surface area (Å²) in [6.45, 7) is -0.488. The number of methoxy groups -OCH3 is 1. The van der Waals surface area contributed by atoms with Crippen molar-refractivity contribution in [1.29, 1.82) is 0 Å². The molecule has 0 aliphatic rings. The maximum atomic E-state index is 11.8. The van der Waals surface area contributed by atoms with E-state index < -0.39 is 13.0 Å². The molecule has 0 unspecified atom stereocenters. The maximum Gasteiger partial charge on any atom is 0.522 e. The Morgan fingerprint density at radius 3 is 2.50 bits per heavy atom. The summed E-state index contributed by atoms with van der Waals surface area (Å²) in [5, 5.41) is 0.250. The third-order valence-electron chi connectivity index (χ3n) is 2.32. The zero-order chi connectivity index (χ0) is 15.2. The third-order valence-corrected chi connectivity index (χ3v) is 2.60. The van der Waals surface area contributed by atoms with E-state index >= 15 is 0 Å². The molecule has 4 nitrogen and oxygen atoms in total. The minimum absolute atomic E-state index is 0.181. The second-order valence-electron chi connectivity index (χ2n) is 3.79. The van der Waals surface area contributed by atoms with Crippen LogP contribution in [0, 0.1) is 0 Å². The summed E-state index contributed by atoms with van der Waals surface area (Å²) in [6.07, 6.45) is -4.07. The largest absolute Gasteiger partial charge is 0.522 e. The molecule has 114 valence electrons. The van der Waals surface area contributed by atoms with Gasteiger partial charge in [-0.15, -0.1) is 13.2 Å². The number of rotatable bonds is 7. The molecule has 0 saturated heterocycles. The van der Waals surface area contributed by atoms with Crippen LogP contribution in [-0.2, 0) is 11.2 Å². The minimum Gasteiger partial charge on any atom is -0.493 e. The van der Waals surface area contributed by atoms with Gasteiger partial charge in [0.25, 0.3) is 0 Å². The standard InChI is InChI=1S/C12H15ClF3NO3/c1-18-10-7-8(2-3-17)6-9(13)11(10)19-4-5-20-12(14,15)16/h6-7H,2-5,17H2,1H3. The van der Waals surface area contributed by atoms with E-state index in [1.165, 1.54) is 7.11 Å². The number of halogens is 4. The van der Waals surface area contributed by atoms with Crippen LogP contribution in [0.1, 0.15) is 5.56 Å². The van der Waals surface area contributed by atoms with Crippen molar-refractivity contribution in [3.05, 3.63) is 22.7 Å². The number of alkyl halides is 3. The second-order valence-corrected chi connectivity index (χ2v) is 4.20. The van der Waals surface area contributed by atoms with Crippen LogP contribution < -0.4 is 15.2 Å². The van der Waals surface area contributed by atoms with Crippen molar-refractivity contribution in [1.82, 2.24) is 0 Å². The van der Waals surface area contributed by atoms with E-state index in [0.717, 1.165) is 5.56 Å². The van der Waals surface area contributed by atoms with E-state index in [1.54, 1.807) is 12.1 Å². The van der Waals surface area contributed by atoms with Crippen molar-refractivity contribution in [2.75, 3.05) is 26.9 Å². The van der Waals surface area contributed by atoms with Crippen LogP contribution >= 0.6 is 11.6 Å². The molecule has 0 atom stereocenters. The summed E-state index contributed by atoms with van der Waals surface area (Å²) in [5.74, 6) is 0.522. The molecule has 1 aromatic rings. The minimum atomic E-state index is -4.68. The van der Waals surface area contributed by atoms with Gasteiger partial charge in [0.15, 0.2) is 11.5 Å². The lowest BCUT2D eigenvalue weighted by molar-refractivity contribution is -0.325. The summed E-state index contributed by atoms with van der Waals surface area (Å²) in [4.78, 5) is 0. The highest BCUT2D eigenvalue weighted by atomic mass is 35.5. The zero-order valence-corrected chi connectivity index (χ0v) is 11.6. The van der Waals surface area contributed by atoms with Gasteiger partial charge in [0.1, 0.15) is 6.61 Å². The maximum absolute atomic E-state index is 11.8. The topological polar surface area (TPSA) is 53.7 Å². The molecule has 0 aliphatic heterocycles. The lowest BCUT2D eigenvalue weighted by Crippen LogP contribution is -2.18. The molecule has 0 amide bonds. The fourth-order valence-corrected chi connectivity index (χ4v) is 1.81. The van der Waals surface area contributed by atoms with Crippen molar-refractivity contribution in [2.24, 2.45) is 5.73 Å². The fraction of sp³-hybridized carbons (Fsp3) is 0.500. The number of benzene rings is 1. The van der Waals surface area contributed by atoms with Crippen LogP contribution in [0.3, 0.4) is 0 Å².